The molecule has 0 aliphatic rings. The summed E-state index contributed by atoms with van der Waals surface area (Å²) in [5.41, 5.74) is 4.71. The maximum Gasteiger partial charge on any atom is 0.389 e. The van der Waals surface area contributed by atoms with Gasteiger partial charge in [0.15, 0.2) is 14.9 Å². The van der Waals surface area contributed by atoms with Crippen molar-refractivity contribution in [3.63, 3.8) is 0 Å². The highest BCUT2D eigenvalue weighted by Gasteiger charge is 2.09. The van der Waals surface area contributed by atoms with Crippen LogP contribution in [0.15, 0.2) is 68.0 Å². The van der Waals surface area contributed by atoms with E-state index in [1.165, 1.54) is 0 Å². The van der Waals surface area contributed by atoms with Gasteiger partial charge in [-0.2, -0.15) is 0 Å². The number of nitrogens with zero attached hydrogens (tertiary/aromatic N) is 6. The molecule has 3 aromatic rings. The lowest BCUT2D eigenvalue weighted by Crippen LogP contribution is -2.56. The molecule has 0 bridgehead atoms. The van der Waals surface area contributed by atoms with Crippen molar-refractivity contribution in [2.45, 2.75) is 20.8 Å². The molecule has 0 aromatic heterocycles. The molecule has 0 N–H and O–H groups in total. The van der Waals surface area contributed by atoms with Crippen LogP contribution in [0.25, 0.3) is 14.9 Å². The molecule has 9 nitrogen and oxygen atoms in total. The second-order valence-corrected chi connectivity index (χ2v) is 9.13. The number of aryl methyl sites for hydroxylation is 3. The predicted molar refractivity (Wildman–Crippen MR) is 137 cm³/mol. The number of hydrogen-bond donors (Lipinski definition) is 0. The van der Waals surface area contributed by atoms with E-state index in [1.54, 1.807) is 18.2 Å². The first-order valence-electron chi connectivity index (χ1n) is 9.26. The number of benzene rings is 3. The zero-order valence-electron chi connectivity index (χ0n) is 18.3. The maximum absolute atomic E-state index is 8.45. The monoisotopic (exact) mass is 650 g/mol. The van der Waals surface area contributed by atoms with E-state index in [-0.39, 0.29) is 0 Å². The van der Waals surface area contributed by atoms with Crippen LogP contribution in [0.1, 0.15) is 16.7 Å². The Balaban J connectivity index is 0.000000445. The molecule has 0 radical (unpaired) electrons. The normalized spacial score (nSPS) is 8.65. The lowest BCUT2D eigenvalue weighted by molar-refractivity contribution is -0.479. The number of rotatable bonds is 0. The molecule has 3 aromatic carbocycles. The largest absolute Gasteiger partial charge is 0.907 e. The zero-order valence-corrected chi connectivity index (χ0v) is 23.1. The van der Waals surface area contributed by atoms with Gasteiger partial charge in [-0.25, -0.2) is 0 Å². The van der Waals surface area contributed by atoms with Crippen molar-refractivity contribution in [2.24, 2.45) is 0 Å². The van der Waals surface area contributed by atoms with Gasteiger partial charge < -0.3 is 15.1 Å². The second kappa shape index (κ2) is 16.8. The lowest BCUT2D eigenvalue weighted by Gasteiger charge is -2.35. The standard InChI is InChI=1S/3C7H6BrN2.BO3/c3*1-5-2-3-6(8)4-7(5)10-9;2-1(3)4/h3*2-4H,1H3;/q3*+1;-3. The third-order valence-electron chi connectivity index (χ3n) is 3.84. The van der Waals surface area contributed by atoms with Crippen LogP contribution < -0.4 is 15.1 Å². The predicted octanol–water partition coefficient (Wildman–Crippen LogP) is 5.78. The minimum Gasteiger partial charge on any atom is -0.907 e. The molecule has 0 aliphatic heterocycles. The van der Waals surface area contributed by atoms with E-state index in [4.69, 9.17) is 31.3 Å². The maximum atomic E-state index is 8.45. The third kappa shape index (κ3) is 13.1. The van der Waals surface area contributed by atoms with Gasteiger partial charge in [0, 0.05) is 48.3 Å². The Morgan fingerprint density at radius 1 is 0.559 bits per heavy atom. The van der Waals surface area contributed by atoms with E-state index in [0.717, 1.165) is 30.1 Å². The van der Waals surface area contributed by atoms with E-state index < -0.39 is 7.32 Å². The molecule has 3 rings (SSSR count). The Morgan fingerprint density at radius 3 is 0.912 bits per heavy atom. The number of hydrogen-bond acceptors (Lipinski definition) is 6. The summed E-state index contributed by atoms with van der Waals surface area (Å²) in [6.45, 7) is 5.67. The minimum absolute atomic E-state index is 0.606. The Labute approximate surface area is 222 Å². The first-order chi connectivity index (χ1) is 15.9. The van der Waals surface area contributed by atoms with Gasteiger partial charge in [0.1, 0.15) is 0 Å². The first kappa shape index (κ1) is 31.3. The summed E-state index contributed by atoms with van der Waals surface area (Å²) in [5.74, 6) is 0. The second-order valence-electron chi connectivity index (χ2n) is 6.38. The molecule has 174 valence electrons. The average molecular weight is 653 g/mol. The number of diazo groups is 3. The van der Waals surface area contributed by atoms with Crippen LogP contribution in [0.2, 0.25) is 0 Å². The number of halogens is 3. The molecule has 0 fully saturated rings. The van der Waals surface area contributed by atoms with E-state index in [9.17, 15) is 0 Å². The van der Waals surface area contributed by atoms with Gasteiger partial charge in [0.25, 0.3) is 0 Å². The zero-order chi connectivity index (χ0) is 26.3. The molecule has 0 saturated carbocycles. The van der Waals surface area contributed by atoms with Crippen molar-refractivity contribution in [1.29, 1.82) is 16.2 Å². The van der Waals surface area contributed by atoms with Crippen LogP contribution in [-0.4, -0.2) is 7.32 Å². The van der Waals surface area contributed by atoms with Gasteiger partial charge in [0.2, 0.25) is 16.2 Å². The molecule has 0 unspecified atom stereocenters. The fourth-order valence-electron chi connectivity index (χ4n) is 2.07. The highest BCUT2D eigenvalue weighted by atomic mass is 79.9. The summed E-state index contributed by atoms with van der Waals surface area (Å²) in [4.78, 5) is 9.30. The molecule has 0 amide bonds. The van der Waals surface area contributed by atoms with Crippen LogP contribution >= 0.6 is 47.8 Å². The molecular formula is C21H18BBr3N6O3. The summed E-state index contributed by atoms with van der Waals surface area (Å²) in [5, 5.41) is 50.6. The quantitative estimate of drug-likeness (QED) is 0.222. The summed E-state index contributed by atoms with van der Waals surface area (Å²) in [6.07, 6.45) is 0. The van der Waals surface area contributed by atoms with Crippen LogP contribution in [0.5, 0.6) is 0 Å². The van der Waals surface area contributed by atoms with Crippen LogP contribution in [-0.2, 0) is 0 Å². The molecule has 13 heteroatoms. The Kier molecular flexibility index (Phi) is 15.5. The fourth-order valence-corrected chi connectivity index (χ4v) is 3.12. The molecule has 0 atom stereocenters. The Bertz CT molecular complexity index is 1070. The van der Waals surface area contributed by atoms with E-state index >= 15 is 0 Å². The molecule has 0 spiro atoms. The lowest BCUT2D eigenvalue weighted by atomic mass is 10.2. The Morgan fingerprint density at radius 2 is 0.765 bits per heavy atom. The summed E-state index contributed by atoms with van der Waals surface area (Å²) in [7, 11) is -2.92. The van der Waals surface area contributed by atoms with E-state index in [0.29, 0.717) is 17.1 Å². The SMILES string of the molecule is Cc1ccc(Br)cc1[N+]#N.Cc1ccc(Br)cc1[N+]#N.Cc1ccc(Br)cc1[N+]#N.[O-]B([O-])[O-]. The highest BCUT2D eigenvalue weighted by molar-refractivity contribution is 9.11. The summed E-state index contributed by atoms with van der Waals surface area (Å²) in [6, 6.07) is 16.7. The van der Waals surface area contributed by atoms with Gasteiger partial charge in [-0.15, -0.1) is 0 Å². The van der Waals surface area contributed by atoms with Gasteiger partial charge in [-0.1, -0.05) is 66.0 Å². The van der Waals surface area contributed by atoms with Crippen molar-refractivity contribution in [1.82, 2.24) is 0 Å². The molecule has 0 saturated heterocycles. The highest BCUT2D eigenvalue weighted by Crippen LogP contribution is 2.24. The molecule has 0 heterocycles. The third-order valence-corrected chi connectivity index (χ3v) is 5.32. The molecular weight excluding hydrogens is 635 g/mol. The van der Waals surface area contributed by atoms with Gasteiger partial charge in [-0.3, -0.25) is 7.32 Å². The van der Waals surface area contributed by atoms with Crippen molar-refractivity contribution in [3.8, 4) is 0 Å². The average Bonchev–Trinajstić information content (AvgIpc) is 2.79. The van der Waals surface area contributed by atoms with E-state index in [1.807, 2.05) is 57.2 Å². The van der Waals surface area contributed by atoms with Crippen LogP contribution in [0.3, 0.4) is 0 Å². The van der Waals surface area contributed by atoms with Gasteiger partial charge >= 0.3 is 17.1 Å². The molecule has 0 aliphatic carbocycles. The Hall–Kier alpha value is -2.70. The summed E-state index contributed by atoms with van der Waals surface area (Å²) < 4.78 is 2.77. The van der Waals surface area contributed by atoms with Crippen molar-refractivity contribution < 1.29 is 15.1 Å². The van der Waals surface area contributed by atoms with Crippen LogP contribution in [0.4, 0.5) is 17.1 Å². The smallest absolute Gasteiger partial charge is 0.389 e. The van der Waals surface area contributed by atoms with Crippen molar-refractivity contribution >= 4 is 72.2 Å². The van der Waals surface area contributed by atoms with Crippen molar-refractivity contribution in [3.05, 3.63) is 99.6 Å². The van der Waals surface area contributed by atoms with E-state index in [2.05, 4.69) is 62.7 Å². The van der Waals surface area contributed by atoms with Gasteiger partial charge in [0.05, 0.1) is 0 Å². The minimum atomic E-state index is -2.92. The van der Waals surface area contributed by atoms with Gasteiger partial charge in [-0.05, 0) is 39.0 Å². The first-order valence-corrected chi connectivity index (χ1v) is 11.6. The fraction of sp³-hybridized carbons (Fsp3) is 0.143. The topological polar surface area (TPSA) is 154 Å². The van der Waals surface area contributed by atoms with Crippen LogP contribution in [0, 0.1) is 36.9 Å². The molecule has 34 heavy (non-hydrogen) atoms. The van der Waals surface area contributed by atoms with Crippen molar-refractivity contribution in [2.75, 3.05) is 0 Å². The summed E-state index contributed by atoms with van der Waals surface area (Å²) >= 11 is 9.80.